The largest absolute Gasteiger partial charge is 0.463 e. The lowest BCUT2D eigenvalue weighted by molar-refractivity contribution is -0.137. The van der Waals surface area contributed by atoms with Gasteiger partial charge in [0.1, 0.15) is 0 Å². The fourth-order valence-electron chi connectivity index (χ4n) is 1.08. The van der Waals surface area contributed by atoms with E-state index in [-0.39, 0.29) is 4.90 Å². The van der Waals surface area contributed by atoms with Crippen molar-refractivity contribution in [3.8, 4) is 0 Å². The second kappa shape index (κ2) is 5.58. The Labute approximate surface area is 100 Å². The quantitative estimate of drug-likeness (QED) is 0.594. The van der Waals surface area contributed by atoms with Crippen molar-refractivity contribution >= 4 is 21.9 Å². The van der Waals surface area contributed by atoms with Gasteiger partial charge in [0.15, 0.2) is 9.84 Å². The number of pyridine rings is 1. The number of ether oxygens (including phenoxy) is 1. The molecule has 0 saturated carbocycles. The maximum Gasteiger partial charge on any atom is 0.330 e. The van der Waals surface area contributed by atoms with Crippen molar-refractivity contribution in [2.24, 2.45) is 0 Å². The highest BCUT2D eigenvalue weighted by Gasteiger charge is 2.07. The first-order chi connectivity index (χ1) is 7.93. The Hall–Kier alpha value is -1.69. The predicted molar refractivity (Wildman–Crippen MR) is 63.0 cm³/mol. The second-order valence-corrected chi connectivity index (χ2v) is 5.33. The molecule has 1 aromatic heterocycles. The van der Waals surface area contributed by atoms with Crippen molar-refractivity contribution in [3.63, 3.8) is 0 Å². The van der Waals surface area contributed by atoms with E-state index in [0.29, 0.717) is 12.2 Å². The van der Waals surface area contributed by atoms with E-state index in [9.17, 15) is 13.2 Å². The molecule has 1 aromatic rings. The van der Waals surface area contributed by atoms with Gasteiger partial charge in [0, 0.05) is 24.7 Å². The third kappa shape index (κ3) is 4.36. The molecule has 0 fully saturated rings. The van der Waals surface area contributed by atoms with Crippen LogP contribution in [0.3, 0.4) is 0 Å². The number of esters is 1. The number of hydrogen-bond acceptors (Lipinski definition) is 5. The van der Waals surface area contributed by atoms with Crippen LogP contribution in [0.25, 0.3) is 6.08 Å². The predicted octanol–water partition coefficient (Wildman–Crippen LogP) is 1.06. The molecule has 0 saturated heterocycles. The highest BCUT2D eigenvalue weighted by molar-refractivity contribution is 7.90. The SMILES string of the molecule is CCOC(=O)/C=C/c1cncc(S(C)(=O)=O)c1. The van der Waals surface area contributed by atoms with Gasteiger partial charge in [-0.2, -0.15) is 0 Å². The number of aromatic nitrogens is 1. The lowest BCUT2D eigenvalue weighted by Gasteiger charge is -1.99. The van der Waals surface area contributed by atoms with Gasteiger partial charge in [-0.1, -0.05) is 0 Å². The maximum absolute atomic E-state index is 11.3. The average Bonchev–Trinajstić information content (AvgIpc) is 2.26. The van der Waals surface area contributed by atoms with E-state index in [1.54, 1.807) is 6.92 Å². The Balaban J connectivity index is 2.90. The summed E-state index contributed by atoms with van der Waals surface area (Å²) in [6, 6.07) is 1.44. The summed E-state index contributed by atoms with van der Waals surface area (Å²) in [7, 11) is -3.29. The number of hydrogen-bond donors (Lipinski definition) is 0. The number of nitrogens with zero attached hydrogens (tertiary/aromatic N) is 1. The molecule has 0 radical (unpaired) electrons. The van der Waals surface area contributed by atoms with Crippen molar-refractivity contribution in [2.45, 2.75) is 11.8 Å². The Kier molecular flexibility index (Phi) is 4.39. The van der Waals surface area contributed by atoms with E-state index >= 15 is 0 Å². The zero-order chi connectivity index (χ0) is 12.9. The van der Waals surface area contributed by atoms with E-state index in [1.165, 1.54) is 30.6 Å². The molecule has 1 rings (SSSR count). The molecule has 0 N–H and O–H groups in total. The molecule has 1 heterocycles. The third-order valence-electron chi connectivity index (χ3n) is 1.86. The summed E-state index contributed by atoms with van der Waals surface area (Å²) in [4.78, 5) is 15.0. The number of sulfone groups is 1. The molecule has 6 heteroatoms. The molecular formula is C11H13NO4S. The Bertz CT molecular complexity index is 534. The van der Waals surface area contributed by atoms with E-state index in [0.717, 1.165) is 6.26 Å². The fraction of sp³-hybridized carbons (Fsp3) is 0.273. The standard InChI is InChI=1S/C11H13NO4S/c1-3-16-11(13)5-4-9-6-10(8-12-7-9)17(2,14)15/h4-8H,3H2,1-2H3/b5-4+. The van der Waals surface area contributed by atoms with Gasteiger partial charge in [0.25, 0.3) is 0 Å². The lowest BCUT2D eigenvalue weighted by Crippen LogP contribution is -1.99. The fourth-order valence-corrected chi connectivity index (χ4v) is 1.69. The average molecular weight is 255 g/mol. The molecule has 0 spiro atoms. The first-order valence-electron chi connectivity index (χ1n) is 4.93. The summed E-state index contributed by atoms with van der Waals surface area (Å²) in [5, 5.41) is 0. The Morgan fingerprint density at radius 3 is 2.76 bits per heavy atom. The van der Waals surface area contributed by atoms with Gasteiger partial charge in [0.2, 0.25) is 0 Å². The number of carbonyl (C=O) groups is 1. The van der Waals surface area contributed by atoms with Crippen LogP contribution in [0.5, 0.6) is 0 Å². The second-order valence-electron chi connectivity index (χ2n) is 3.31. The molecule has 0 atom stereocenters. The van der Waals surface area contributed by atoms with Gasteiger partial charge < -0.3 is 4.74 Å². The summed E-state index contributed by atoms with van der Waals surface area (Å²) < 4.78 is 27.2. The minimum absolute atomic E-state index is 0.114. The van der Waals surface area contributed by atoms with Gasteiger partial charge in [-0.15, -0.1) is 0 Å². The topological polar surface area (TPSA) is 73.3 Å². The molecule has 0 unspecified atom stereocenters. The zero-order valence-electron chi connectivity index (χ0n) is 9.58. The first kappa shape index (κ1) is 13.4. The summed E-state index contributed by atoms with van der Waals surface area (Å²) in [5.74, 6) is -0.475. The third-order valence-corrected chi connectivity index (χ3v) is 2.94. The monoisotopic (exact) mass is 255 g/mol. The van der Waals surface area contributed by atoms with E-state index in [2.05, 4.69) is 4.98 Å². The van der Waals surface area contributed by atoms with Gasteiger partial charge in [-0.25, -0.2) is 13.2 Å². The van der Waals surface area contributed by atoms with Crippen molar-refractivity contribution < 1.29 is 17.9 Å². The van der Waals surface area contributed by atoms with E-state index < -0.39 is 15.8 Å². The summed E-state index contributed by atoms with van der Waals surface area (Å²) in [6.07, 6.45) is 6.51. The van der Waals surface area contributed by atoms with Crippen LogP contribution in [0, 0.1) is 0 Å². The van der Waals surface area contributed by atoms with Gasteiger partial charge >= 0.3 is 5.97 Å². The van der Waals surface area contributed by atoms with Crippen LogP contribution in [0.15, 0.2) is 29.4 Å². The molecule has 0 amide bonds. The molecule has 5 nitrogen and oxygen atoms in total. The van der Waals surface area contributed by atoms with E-state index in [4.69, 9.17) is 4.74 Å². The first-order valence-corrected chi connectivity index (χ1v) is 6.82. The van der Waals surface area contributed by atoms with Crippen LogP contribution in [0.4, 0.5) is 0 Å². The van der Waals surface area contributed by atoms with Gasteiger partial charge in [0.05, 0.1) is 11.5 Å². The van der Waals surface area contributed by atoms with Crippen molar-refractivity contribution in [3.05, 3.63) is 30.1 Å². The molecule has 0 bridgehead atoms. The van der Waals surface area contributed by atoms with Crippen LogP contribution in [0.1, 0.15) is 12.5 Å². The molecular weight excluding hydrogens is 242 g/mol. The molecule has 0 aliphatic carbocycles. The van der Waals surface area contributed by atoms with Crippen LogP contribution in [0.2, 0.25) is 0 Å². The van der Waals surface area contributed by atoms with Crippen molar-refractivity contribution in [1.82, 2.24) is 4.98 Å². The van der Waals surface area contributed by atoms with Crippen LogP contribution >= 0.6 is 0 Å². The minimum atomic E-state index is -3.29. The summed E-state index contributed by atoms with van der Waals surface area (Å²) in [5.41, 5.74) is 0.529. The number of rotatable bonds is 4. The van der Waals surface area contributed by atoms with Gasteiger partial charge in [-0.05, 0) is 24.6 Å². The van der Waals surface area contributed by atoms with Crippen LogP contribution in [-0.2, 0) is 19.4 Å². The molecule has 0 aromatic carbocycles. The normalized spacial score (nSPS) is 11.6. The highest BCUT2D eigenvalue weighted by Crippen LogP contribution is 2.10. The van der Waals surface area contributed by atoms with Gasteiger partial charge in [-0.3, -0.25) is 4.98 Å². The Morgan fingerprint density at radius 2 is 2.18 bits per heavy atom. The summed E-state index contributed by atoms with van der Waals surface area (Å²) >= 11 is 0. The van der Waals surface area contributed by atoms with Crippen LogP contribution < -0.4 is 0 Å². The Morgan fingerprint density at radius 1 is 1.47 bits per heavy atom. The van der Waals surface area contributed by atoms with Crippen LogP contribution in [-0.4, -0.2) is 32.2 Å². The molecule has 0 aliphatic heterocycles. The molecule has 17 heavy (non-hydrogen) atoms. The van der Waals surface area contributed by atoms with E-state index in [1.807, 2.05) is 0 Å². The molecule has 0 aliphatic rings. The maximum atomic E-state index is 11.3. The molecule has 92 valence electrons. The van der Waals surface area contributed by atoms with Crippen molar-refractivity contribution in [1.29, 1.82) is 0 Å². The van der Waals surface area contributed by atoms with Crippen molar-refractivity contribution in [2.75, 3.05) is 12.9 Å². The smallest absolute Gasteiger partial charge is 0.330 e. The highest BCUT2D eigenvalue weighted by atomic mass is 32.2. The number of carbonyl (C=O) groups excluding carboxylic acids is 1. The zero-order valence-corrected chi connectivity index (χ0v) is 10.4. The summed E-state index contributed by atoms with van der Waals surface area (Å²) in [6.45, 7) is 2.00. The minimum Gasteiger partial charge on any atom is -0.463 e. The lowest BCUT2D eigenvalue weighted by atomic mass is 10.2.